The Balaban J connectivity index is 1.65. The lowest BCUT2D eigenvalue weighted by Gasteiger charge is -2.15. The van der Waals surface area contributed by atoms with Crippen molar-refractivity contribution in [1.29, 1.82) is 0 Å². The maximum Gasteiger partial charge on any atom is 0.351 e. The molecule has 0 bridgehead atoms. The number of carboxylic acids is 1. The van der Waals surface area contributed by atoms with Gasteiger partial charge >= 0.3 is 11.7 Å². The highest BCUT2D eigenvalue weighted by Gasteiger charge is 2.37. The SMILES string of the molecule is O=C(O)CCC(=O)C[C@@H]1C[C@H](n2ccc(NC(=O)c3ccccc3)nc2=O)O[C@H]1CO. The van der Waals surface area contributed by atoms with Crippen molar-refractivity contribution < 1.29 is 29.3 Å². The van der Waals surface area contributed by atoms with Crippen LogP contribution in [0.4, 0.5) is 5.82 Å². The number of ketones is 1. The Labute approximate surface area is 177 Å². The summed E-state index contributed by atoms with van der Waals surface area (Å²) >= 11 is 0. The van der Waals surface area contributed by atoms with Crippen LogP contribution in [0.15, 0.2) is 47.4 Å². The van der Waals surface area contributed by atoms with Crippen LogP contribution in [0.1, 0.15) is 42.3 Å². The number of nitrogens with zero attached hydrogens (tertiary/aromatic N) is 2. The molecule has 164 valence electrons. The molecule has 2 aromatic rings. The van der Waals surface area contributed by atoms with E-state index in [1.54, 1.807) is 30.3 Å². The van der Waals surface area contributed by atoms with Crippen molar-refractivity contribution >= 4 is 23.5 Å². The molecule has 31 heavy (non-hydrogen) atoms. The molecule has 10 heteroatoms. The highest BCUT2D eigenvalue weighted by molar-refractivity contribution is 6.03. The number of aliphatic hydroxyl groups excluding tert-OH is 1. The average molecular weight is 429 g/mol. The Kier molecular flexibility index (Phi) is 7.27. The molecule has 10 nitrogen and oxygen atoms in total. The molecule has 1 aromatic heterocycles. The van der Waals surface area contributed by atoms with Crippen molar-refractivity contribution in [1.82, 2.24) is 9.55 Å². The van der Waals surface area contributed by atoms with Gasteiger partial charge in [0.15, 0.2) is 0 Å². The molecule has 2 heterocycles. The summed E-state index contributed by atoms with van der Waals surface area (Å²) in [5.74, 6) is -1.94. The topological polar surface area (TPSA) is 148 Å². The highest BCUT2D eigenvalue weighted by Crippen LogP contribution is 2.35. The Morgan fingerprint density at radius 2 is 1.90 bits per heavy atom. The third kappa shape index (κ3) is 5.83. The highest BCUT2D eigenvalue weighted by atomic mass is 16.5. The van der Waals surface area contributed by atoms with E-state index in [-0.39, 0.29) is 43.4 Å². The van der Waals surface area contributed by atoms with Crippen LogP contribution in [-0.2, 0) is 14.3 Å². The van der Waals surface area contributed by atoms with Crippen LogP contribution < -0.4 is 11.0 Å². The van der Waals surface area contributed by atoms with E-state index in [2.05, 4.69) is 10.3 Å². The summed E-state index contributed by atoms with van der Waals surface area (Å²) < 4.78 is 6.96. The average Bonchev–Trinajstić information content (AvgIpc) is 3.15. The number of amides is 1. The Morgan fingerprint density at radius 3 is 2.55 bits per heavy atom. The van der Waals surface area contributed by atoms with Crippen molar-refractivity contribution in [3.8, 4) is 0 Å². The summed E-state index contributed by atoms with van der Waals surface area (Å²) in [6.07, 6.45) is 0.0647. The molecule has 1 aliphatic heterocycles. The minimum absolute atomic E-state index is 0.0579. The van der Waals surface area contributed by atoms with Gasteiger partial charge in [0.05, 0.1) is 19.1 Å². The fourth-order valence-corrected chi connectivity index (χ4v) is 3.49. The standard InChI is InChI=1S/C21H23N3O7/c25-12-16-14(10-15(26)6-7-19(27)28)11-18(31-16)24-9-8-17(23-21(24)30)22-20(29)13-4-2-1-3-5-13/h1-5,8-9,14,16,18,25H,6-7,10-12H2,(H,27,28)(H,22,23,29,30)/t14-,16+,18-/m1/s1. The summed E-state index contributed by atoms with van der Waals surface area (Å²) in [6.45, 7) is -0.333. The monoisotopic (exact) mass is 429 g/mol. The minimum atomic E-state index is -1.05. The third-order valence-electron chi connectivity index (χ3n) is 5.07. The van der Waals surface area contributed by atoms with Gasteiger partial charge in [0, 0.05) is 24.6 Å². The molecule has 3 N–H and O–H groups in total. The molecule has 0 unspecified atom stereocenters. The lowest BCUT2D eigenvalue weighted by molar-refractivity contribution is -0.138. The van der Waals surface area contributed by atoms with Gasteiger partial charge in [-0.25, -0.2) is 4.79 Å². The molecule has 3 atom stereocenters. The zero-order chi connectivity index (χ0) is 22.4. The number of aliphatic carboxylic acids is 1. The number of aliphatic hydroxyl groups is 1. The fraction of sp³-hybridized carbons (Fsp3) is 0.381. The van der Waals surface area contributed by atoms with Gasteiger partial charge in [0.25, 0.3) is 5.91 Å². The van der Waals surface area contributed by atoms with Crippen LogP contribution in [0.5, 0.6) is 0 Å². The van der Waals surface area contributed by atoms with E-state index in [0.717, 1.165) is 0 Å². The third-order valence-corrected chi connectivity index (χ3v) is 5.07. The lowest BCUT2D eigenvalue weighted by atomic mass is 9.93. The van der Waals surface area contributed by atoms with Gasteiger partial charge in [-0.1, -0.05) is 18.2 Å². The van der Waals surface area contributed by atoms with Crippen LogP contribution in [0, 0.1) is 5.92 Å². The summed E-state index contributed by atoms with van der Waals surface area (Å²) in [4.78, 5) is 51.2. The number of hydrogen-bond donors (Lipinski definition) is 3. The minimum Gasteiger partial charge on any atom is -0.481 e. The van der Waals surface area contributed by atoms with E-state index < -0.39 is 29.9 Å². The van der Waals surface area contributed by atoms with Crippen LogP contribution in [0.25, 0.3) is 0 Å². The van der Waals surface area contributed by atoms with Crippen molar-refractivity contribution in [3.63, 3.8) is 0 Å². The van der Waals surface area contributed by atoms with Crippen LogP contribution in [0.3, 0.4) is 0 Å². The molecule has 1 aromatic carbocycles. The van der Waals surface area contributed by atoms with Gasteiger partial charge in [-0.2, -0.15) is 4.98 Å². The quantitative estimate of drug-likeness (QED) is 0.539. The van der Waals surface area contributed by atoms with Crippen molar-refractivity contribution in [2.75, 3.05) is 11.9 Å². The summed E-state index contributed by atoms with van der Waals surface area (Å²) in [6, 6.07) is 9.96. The van der Waals surface area contributed by atoms with Crippen molar-refractivity contribution in [3.05, 3.63) is 58.6 Å². The first kappa shape index (κ1) is 22.3. The normalized spacial score (nSPS) is 20.4. The number of rotatable bonds is 9. The predicted molar refractivity (Wildman–Crippen MR) is 108 cm³/mol. The van der Waals surface area contributed by atoms with Gasteiger partial charge in [-0.15, -0.1) is 0 Å². The second-order valence-corrected chi connectivity index (χ2v) is 7.27. The number of carbonyl (C=O) groups excluding carboxylic acids is 2. The van der Waals surface area contributed by atoms with Gasteiger partial charge < -0.3 is 20.3 Å². The fourth-order valence-electron chi connectivity index (χ4n) is 3.49. The molecular weight excluding hydrogens is 406 g/mol. The molecule has 1 aliphatic rings. The molecule has 0 aliphatic carbocycles. The molecular formula is C21H23N3O7. The molecule has 1 fully saturated rings. The number of ether oxygens (including phenoxy) is 1. The number of carbonyl (C=O) groups is 3. The van der Waals surface area contributed by atoms with Gasteiger partial charge in [0.1, 0.15) is 17.8 Å². The van der Waals surface area contributed by atoms with Gasteiger partial charge in [-0.05, 0) is 30.5 Å². The van der Waals surface area contributed by atoms with Crippen molar-refractivity contribution in [2.24, 2.45) is 5.92 Å². The molecule has 3 rings (SSSR count). The first-order chi connectivity index (χ1) is 14.9. The molecule has 0 spiro atoms. The summed E-state index contributed by atoms with van der Waals surface area (Å²) in [7, 11) is 0. The predicted octanol–water partition coefficient (Wildman–Crippen LogP) is 1.22. The second kappa shape index (κ2) is 10.1. The first-order valence-corrected chi connectivity index (χ1v) is 9.82. The van der Waals surface area contributed by atoms with E-state index in [1.807, 2.05) is 0 Å². The molecule has 1 amide bonds. The molecule has 1 saturated heterocycles. The Hall–Kier alpha value is -3.37. The number of Topliss-reactive ketones (excluding diaryl/α,β-unsaturated/α-hetero) is 1. The van der Waals surface area contributed by atoms with E-state index >= 15 is 0 Å². The van der Waals surface area contributed by atoms with Crippen LogP contribution >= 0.6 is 0 Å². The van der Waals surface area contributed by atoms with Gasteiger partial charge in [-0.3, -0.25) is 19.0 Å². The Bertz CT molecular complexity index is 1010. The van der Waals surface area contributed by atoms with E-state index in [0.29, 0.717) is 12.0 Å². The lowest BCUT2D eigenvalue weighted by Crippen LogP contribution is -2.28. The van der Waals surface area contributed by atoms with Gasteiger partial charge in [0.2, 0.25) is 0 Å². The molecule has 0 saturated carbocycles. The maximum absolute atomic E-state index is 12.5. The summed E-state index contributed by atoms with van der Waals surface area (Å²) in [5.41, 5.74) is -0.223. The van der Waals surface area contributed by atoms with E-state index in [9.17, 15) is 24.3 Å². The number of nitrogens with one attached hydrogen (secondary N) is 1. The zero-order valence-corrected chi connectivity index (χ0v) is 16.6. The number of anilines is 1. The first-order valence-electron chi connectivity index (χ1n) is 9.82. The second-order valence-electron chi connectivity index (χ2n) is 7.27. The maximum atomic E-state index is 12.5. The zero-order valence-electron chi connectivity index (χ0n) is 16.6. The van der Waals surface area contributed by atoms with E-state index in [4.69, 9.17) is 9.84 Å². The van der Waals surface area contributed by atoms with Crippen LogP contribution in [0.2, 0.25) is 0 Å². The number of benzene rings is 1. The Morgan fingerprint density at radius 1 is 1.16 bits per heavy atom. The summed E-state index contributed by atoms with van der Waals surface area (Å²) in [5, 5.41) is 20.8. The smallest absolute Gasteiger partial charge is 0.351 e. The number of carboxylic acid groups (broad SMARTS) is 1. The largest absolute Gasteiger partial charge is 0.481 e. The van der Waals surface area contributed by atoms with Crippen molar-refractivity contribution in [2.45, 2.75) is 38.0 Å². The molecule has 0 radical (unpaired) electrons. The van der Waals surface area contributed by atoms with Crippen LogP contribution in [-0.4, -0.2) is 50.1 Å². The van der Waals surface area contributed by atoms with E-state index in [1.165, 1.54) is 16.8 Å². The number of hydrogen-bond acceptors (Lipinski definition) is 7. The number of aromatic nitrogens is 2.